The van der Waals surface area contributed by atoms with E-state index in [0.29, 0.717) is 5.56 Å². The van der Waals surface area contributed by atoms with Gasteiger partial charge < -0.3 is 14.8 Å². The number of alkyl halides is 2. The molecule has 0 saturated heterocycles. The number of hydrogen-bond acceptors (Lipinski definition) is 5. The van der Waals surface area contributed by atoms with E-state index in [1.807, 2.05) is 0 Å². The van der Waals surface area contributed by atoms with Crippen LogP contribution in [0.5, 0.6) is 11.5 Å². The van der Waals surface area contributed by atoms with Gasteiger partial charge in [-0.05, 0) is 31.3 Å². The van der Waals surface area contributed by atoms with Crippen LogP contribution in [0.3, 0.4) is 0 Å². The lowest BCUT2D eigenvalue weighted by Crippen LogP contribution is -2.14. The molecule has 0 bridgehead atoms. The Hall–Kier alpha value is -2.98. The monoisotopic (exact) mass is 440 g/mol. The third-order valence-electron chi connectivity index (χ3n) is 4.29. The molecule has 6 nitrogen and oxygen atoms in total. The summed E-state index contributed by atoms with van der Waals surface area (Å²) in [6, 6.07) is 10.4. The maximum Gasteiger partial charge on any atom is 0.387 e. The second kappa shape index (κ2) is 8.80. The van der Waals surface area contributed by atoms with Crippen molar-refractivity contribution in [2.24, 2.45) is 0 Å². The van der Waals surface area contributed by atoms with E-state index in [4.69, 9.17) is 4.74 Å². The summed E-state index contributed by atoms with van der Waals surface area (Å²) in [6.07, 6.45) is 1.31. The molecule has 3 rings (SSSR count). The van der Waals surface area contributed by atoms with Crippen LogP contribution in [-0.2, 0) is 16.6 Å². The molecule has 30 heavy (non-hydrogen) atoms. The number of rotatable bonds is 8. The topological polar surface area (TPSA) is 69.6 Å². The van der Waals surface area contributed by atoms with Crippen LogP contribution in [0.1, 0.15) is 5.56 Å². The first-order chi connectivity index (χ1) is 14.3. The molecule has 0 amide bonds. The minimum atomic E-state index is -4.31. The summed E-state index contributed by atoms with van der Waals surface area (Å²) in [6.45, 7) is -2.85. The van der Waals surface area contributed by atoms with E-state index in [0.717, 1.165) is 10.0 Å². The van der Waals surface area contributed by atoms with Gasteiger partial charge in [0.25, 0.3) is 10.0 Å². The Morgan fingerprint density at radius 1 is 1.13 bits per heavy atom. The fraction of sp³-hybridized carbons (Fsp3) is 0.200. The molecule has 160 valence electrons. The largest absolute Gasteiger partial charge is 0.494 e. The molecule has 0 aliphatic rings. The molecule has 0 fully saturated rings. The van der Waals surface area contributed by atoms with Gasteiger partial charge in [0.1, 0.15) is 23.0 Å². The van der Waals surface area contributed by atoms with E-state index in [9.17, 15) is 21.6 Å². The van der Waals surface area contributed by atoms with Crippen molar-refractivity contribution in [3.63, 3.8) is 0 Å². The molecule has 0 spiro atoms. The zero-order valence-corrected chi connectivity index (χ0v) is 16.9. The molecule has 0 aliphatic heterocycles. The summed E-state index contributed by atoms with van der Waals surface area (Å²) >= 11 is 0. The van der Waals surface area contributed by atoms with Crippen LogP contribution >= 0.6 is 0 Å². The molecule has 1 N–H and O–H groups in total. The van der Waals surface area contributed by atoms with Crippen molar-refractivity contribution < 1.29 is 31.1 Å². The molecule has 0 aliphatic carbocycles. The number of benzene rings is 2. The number of halogens is 3. The van der Waals surface area contributed by atoms with Crippen molar-refractivity contribution in [1.82, 2.24) is 9.29 Å². The lowest BCUT2D eigenvalue weighted by molar-refractivity contribution is -0.0499. The van der Waals surface area contributed by atoms with Crippen LogP contribution in [0.4, 0.5) is 13.2 Å². The van der Waals surface area contributed by atoms with Crippen LogP contribution in [0.2, 0.25) is 0 Å². The Balaban J connectivity index is 2.26. The third-order valence-corrected chi connectivity index (χ3v) is 5.94. The van der Waals surface area contributed by atoms with E-state index in [-0.39, 0.29) is 34.2 Å². The summed E-state index contributed by atoms with van der Waals surface area (Å²) in [5.74, 6) is -0.776. The van der Waals surface area contributed by atoms with Gasteiger partial charge >= 0.3 is 6.61 Å². The van der Waals surface area contributed by atoms with Gasteiger partial charge in [-0.15, -0.1) is 0 Å². The standard InChI is InChI=1S/C20H19F3N2O4S/c1-24-11-13-12-25(18(19(13)28-2)16-8-3-4-9-17(16)21)30(26,27)15-7-5-6-14(10-15)29-20(22)23/h3-10,12,20,24H,11H2,1-2H3. The van der Waals surface area contributed by atoms with Crippen molar-refractivity contribution in [2.45, 2.75) is 18.1 Å². The predicted octanol–water partition coefficient (Wildman–Crippen LogP) is 3.86. The van der Waals surface area contributed by atoms with Crippen molar-refractivity contribution in [1.29, 1.82) is 0 Å². The van der Waals surface area contributed by atoms with Gasteiger partial charge in [0.2, 0.25) is 0 Å². The van der Waals surface area contributed by atoms with Crippen LogP contribution in [0, 0.1) is 5.82 Å². The summed E-state index contributed by atoms with van der Waals surface area (Å²) in [7, 11) is -1.29. The highest BCUT2D eigenvalue weighted by atomic mass is 32.2. The van der Waals surface area contributed by atoms with Gasteiger partial charge in [-0.3, -0.25) is 0 Å². The van der Waals surface area contributed by atoms with Crippen LogP contribution < -0.4 is 14.8 Å². The van der Waals surface area contributed by atoms with Crippen LogP contribution in [0.25, 0.3) is 11.3 Å². The lowest BCUT2D eigenvalue weighted by atomic mass is 10.1. The summed E-state index contributed by atoms with van der Waals surface area (Å²) in [5.41, 5.74) is 0.475. The van der Waals surface area contributed by atoms with E-state index in [1.54, 1.807) is 13.1 Å². The fourth-order valence-electron chi connectivity index (χ4n) is 3.07. The molecule has 1 heterocycles. The first kappa shape index (κ1) is 21.7. The minimum Gasteiger partial charge on any atom is -0.494 e. The predicted molar refractivity (Wildman–Crippen MR) is 105 cm³/mol. The molecule has 2 aromatic carbocycles. The van der Waals surface area contributed by atoms with Gasteiger partial charge in [0.05, 0.1) is 12.0 Å². The quantitative estimate of drug-likeness (QED) is 0.576. The molecule has 3 aromatic rings. The van der Waals surface area contributed by atoms with E-state index < -0.39 is 22.5 Å². The van der Waals surface area contributed by atoms with Gasteiger partial charge in [-0.25, -0.2) is 16.8 Å². The SMILES string of the molecule is CNCc1cn(S(=O)(=O)c2cccc(OC(F)F)c2)c(-c2ccccc2F)c1OC. The zero-order chi connectivity index (χ0) is 21.9. The number of aromatic nitrogens is 1. The summed E-state index contributed by atoms with van der Waals surface area (Å²) in [4.78, 5) is -0.299. The van der Waals surface area contributed by atoms with Crippen LogP contribution in [-0.4, -0.2) is 33.2 Å². The van der Waals surface area contributed by atoms with Crippen molar-refractivity contribution >= 4 is 10.0 Å². The number of methoxy groups -OCH3 is 1. The Morgan fingerprint density at radius 2 is 1.87 bits per heavy atom. The zero-order valence-electron chi connectivity index (χ0n) is 16.1. The Kier molecular flexibility index (Phi) is 6.37. The third kappa shape index (κ3) is 4.14. The van der Waals surface area contributed by atoms with Crippen molar-refractivity contribution in [3.05, 3.63) is 66.1 Å². The highest BCUT2D eigenvalue weighted by Gasteiger charge is 2.28. The van der Waals surface area contributed by atoms with Gasteiger partial charge in [-0.2, -0.15) is 8.78 Å². The van der Waals surface area contributed by atoms with E-state index in [1.165, 1.54) is 49.7 Å². The van der Waals surface area contributed by atoms with E-state index >= 15 is 0 Å². The maximum atomic E-state index is 14.6. The first-order valence-corrected chi connectivity index (χ1v) is 10.2. The normalized spacial score (nSPS) is 11.7. The van der Waals surface area contributed by atoms with Crippen molar-refractivity contribution in [2.75, 3.05) is 14.2 Å². The van der Waals surface area contributed by atoms with E-state index in [2.05, 4.69) is 10.1 Å². The lowest BCUT2D eigenvalue weighted by Gasteiger charge is -2.13. The molecular weight excluding hydrogens is 421 g/mol. The molecule has 0 saturated carbocycles. The van der Waals surface area contributed by atoms with Gasteiger partial charge in [0, 0.05) is 29.9 Å². The highest BCUT2D eigenvalue weighted by molar-refractivity contribution is 7.90. The second-order valence-electron chi connectivity index (χ2n) is 6.20. The molecule has 0 atom stereocenters. The van der Waals surface area contributed by atoms with Crippen LogP contribution in [0.15, 0.2) is 59.6 Å². The molecule has 0 unspecified atom stereocenters. The Morgan fingerprint density at radius 3 is 2.50 bits per heavy atom. The maximum absolute atomic E-state index is 14.6. The molecular formula is C20H19F3N2O4S. The molecule has 0 radical (unpaired) electrons. The number of nitrogens with zero attached hydrogens (tertiary/aromatic N) is 1. The first-order valence-electron chi connectivity index (χ1n) is 8.77. The highest BCUT2D eigenvalue weighted by Crippen LogP contribution is 2.39. The average Bonchev–Trinajstić information content (AvgIpc) is 3.07. The van der Waals surface area contributed by atoms with Gasteiger partial charge in [-0.1, -0.05) is 18.2 Å². The number of nitrogens with one attached hydrogen (secondary N) is 1. The van der Waals surface area contributed by atoms with Crippen molar-refractivity contribution in [3.8, 4) is 22.8 Å². The number of hydrogen-bond donors (Lipinski definition) is 1. The Bertz CT molecular complexity index is 1150. The number of ether oxygens (including phenoxy) is 2. The average molecular weight is 440 g/mol. The second-order valence-corrected chi connectivity index (χ2v) is 8.02. The summed E-state index contributed by atoms with van der Waals surface area (Å²) < 4.78 is 77.0. The molecule has 1 aromatic heterocycles. The minimum absolute atomic E-state index is 0.0129. The van der Waals surface area contributed by atoms with Gasteiger partial charge in [0.15, 0.2) is 0 Å². The molecule has 10 heteroatoms. The fourth-order valence-corrected chi connectivity index (χ4v) is 4.50. The summed E-state index contributed by atoms with van der Waals surface area (Å²) in [5, 5.41) is 2.90. The smallest absolute Gasteiger partial charge is 0.387 e. The Labute approximate surface area is 171 Å².